The molecule has 2 aromatic rings. The molecule has 5 heteroatoms. The van der Waals surface area contributed by atoms with Gasteiger partial charge in [-0.15, -0.1) is 11.8 Å². The van der Waals surface area contributed by atoms with Crippen LogP contribution in [0.2, 0.25) is 0 Å². The number of carbonyl (C=O) groups is 1. The molecule has 2 aromatic carbocycles. The monoisotopic (exact) mass is 345 g/mol. The van der Waals surface area contributed by atoms with Gasteiger partial charge in [0, 0.05) is 4.90 Å². The summed E-state index contributed by atoms with van der Waals surface area (Å²) in [4.78, 5) is 13.1. The van der Waals surface area contributed by atoms with E-state index in [0.29, 0.717) is 12.4 Å². The molecular formula is C19H23NO3S. The number of benzene rings is 2. The van der Waals surface area contributed by atoms with E-state index in [9.17, 15) is 4.79 Å². The van der Waals surface area contributed by atoms with Crippen molar-refractivity contribution in [3.8, 4) is 11.5 Å². The summed E-state index contributed by atoms with van der Waals surface area (Å²) in [7, 11) is 1.63. The molecule has 0 spiro atoms. The molecule has 1 atom stereocenters. The predicted molar refractivity (Wildman–Crippen MR) is 98.0 cm³/mol. The van der Waals surface area contributed by atoms with Gasteiger partial charge in [-0.25, -0.2) is 0 Å². The van der Waals surface area contributed by atoms with Crippen molar-refractivity contribution in [1.82, 2.24) is 5.32 Å². The molecule has 0 unspecified atom stereocenters. The van der Waals surface area contributed by atoms with Gasteiger partial charge in [-0.05, 0) is 50.2 Å². The zero-order valence-corrected chi connectivity index (χ0v) is 15.1. The molecule has 0 aliphatic heterocycles. The molecule has 1 amide bonds. The van der Waals surface area contributed by atoms with Gasteiger partial charge in [0.25, 0.3) is 0 Å². The van der Waals surface area contributed by atoms with Gasteiger partial charge in [0.2, 0.25) is 5.91 Å². The highest BCUT2D eigenvalue weighted by molar-refractivity contribution is 8.00. The SMILES string of the molecule is COc1ccc(OC[C@H](C)NC(=O)CSc2ccc(C)cc2)cc1. The largest absolute Gasteiger partial charge is 0.497 e. The van der Waals surface area contributed by atoms with Gasteiger partial charge in [-0.3, -0.25) is 4.79 Å². The number of hydrogen-bond donors (Lipinski definition) is 1. The minimum absolute atomic E-state index is 0.00593. The third-order valence-electron chi connectivity index (χ3n) is 3.36. The van der Waals surface area contributed by atoms with Crippen LogP contribution in [-0.2, 0) is 4.79 Å². The Labute approximate surface area is 147 Å². The van der Waals surface area contributed by atoms with E-state index in [-0.39, 0.29) is 11.9 Å². The van der Waals surface area contributed by atoms with E-state index in [4.69, 9.17) is 9.47 Å². The standard InChI is InChI=1S/C19H23NO3S/c1-14-4-10-18(11-5-14)24-13-19(21)20-15(2)12-23-17-8-6-16(22-3)7-9-17/h4-11,15H,12-13H2,1-3H3,(H,20,21)/t15-/m0/s1. The van der Waals surface area contributed by atoms with Gasteiger partial charge in [0.15, 0.2) is 0 Å². The Balaban J connectivity index is 1.69. The van der Waals surface area contributed by atoms with Crippen molar-refractivity contribution in [3.05, 3.63) is 54.1 Å². The number of amides is 1. The molecule has 0 aliphatic rings. The Morgan fingerprint density at radius 3 is 2.33 bits per heavy atom. The smallest absolute Gasteiger partial charge is 0.230 e. The molecule has 24 heavy (non-hydrogen) atoms. The van der Waals surface area contributed by atoms with Crippen LogP contribution in [0, 0.1) is 6.92 Å². The van der Waals surface area contributed by atoms with E-state index < -0.39 is 0 Å². The van der Waals surface area contributed by atoms with Crippen LogP contribution in [0.4, 0.5) is 0 Å². The molecule has 4 nitrogen and oxygen atoms in total. The molecule has 128 valence electrons. The van der Waals surface area contributed by atoms with Crippen LogP contribution >= 0.6 is 11.8 Å². The fourth-order valence-corrected chi connectivity index (χ4v) is 2.74. The molecule has 0 saturated carbocycles. The minimum Gasteiger partial charge on any atom is -0.497 e. The van der Waals surface area contributed by atoms with Crippen LogP contribution < -0.4 is 14.8 Å². The van der Waals surface area contributed by atoms with Crippen LogP contribution in [-0.4, -0.2) is 31.4 Å². The molecule has 2 rings (SSSR count). The van der Waals surface area contributed by atoms with E-state index in [1.165, 1.54) is 17.3 Å². The van der Waals surface area contributed by atoms with Crippen molar-refractivity contribution in [2.24, 2.45) is 0 Å². The van der Waals surface area contributed by atoms with Crippen molar-refractivity contribution in [2.45, 2.75) is 24.8 Å². The maximum absolute atomic E-state index is 12.0. The lowest BCUT2D eigenvalue weighted by molar-refractivity contribution is -0.119. The van der Waals surface area contributed by atoms with Crippen LogP contribution in [0.3, 0.4) is 0 Å². The van der Waals surface area contributed by atoms with Crippen LogP contribution in [0.5, 0.6) is 11.5 Å². The normalized spacial score (nSPS) is 11.6. The first kappa shape index (κ1) is 18.2. The summed E-state index contributed by atoms with van der Waals surface area (Å²) in [5.74, 6) is 1.95. The molecule has 0 heterocycles. The third-order valence-corrected chi connectivity index (χ3v) is 4.37. The summed E-state index contributed by atoms with van der Waals surface area (Å²) in [5, 5.41) is 2.94. The second-order valence-corrected chi connectivity index (χ2v) is 6.61. The fourth-order valence-electron chi connectivity index (χ4n) is 2.03. The molecule has 0 aromatic heterocycles. The van der Waals surface area contributed by atoms with Gasteiger partial charge in [-0.2, -0.15) is 0 Å². The highest BCUT2D eigenvalue weighted by Gasteiger charge is 2.09. The lowest BCUT2D eigenvalue weighted by Crippen LogP contribution is -2.37. The van der Waals surface area contributed by atoms with Crippen LogP contribution in [0.25, 0.3) is 0 Å². The van der Waals surface area contributed by atoms with Crippen molar-refractivity contribution < 1.29 is 14.3 Å². The summed E-state index contributed by atoms with van der Waals surface area (Å²) in [6.45, 7) is 4.40. The lowest BCUT2D eigenvalue weighted by atomic mass is 10.2. The van der Waals surface area contributed by atoms with Gasteiger partial charge in [0.1, 0.15) is 18.1 Å². The predicted octanol–water partition coefficient (Wildman–Crippen LogP) is 3.68. The number of ether oxygens (including phenoxy) is 2. The maximum atomic E-state index is 12.0. The summed E-state index contributed by atoms with van der Waals surface area (Å²) in [6, 6.07) is 15.5. The second kappa shape index (κ2) is 9.23. The zero-order chi connectivity index (χ0) is 17.4. The van der Waals surface area contributed by atoms with Gasteiger partial charge in [0.05, 0.1) is 18.9 Å². The number of rotatable bonds is 8. The number of methoxy groups -OCH3 is 1. The Morgan fingerprint density at radius 1 is 1.08 bits per heavy atom. The Kier molecular flexibility index (Phi) is 7.00. The molecule has 0 radical (unpaired) electrons. The van der Waals surface area contributed by atoms with E-state index in [0.717, 1.165) is 16.4 Å². The lowest BCUT2D eigenvalue weighted by Gasteiger charge is -2.15. The van der Waals surface area contributed by atoms with E-state index in [2.05, 4.69) is 5.32 Å². The van der Waals surface area contributed by atoms with Gasteiger partial charge < -0.3 is 14.8 Å². The summed E-state index contributed by atoms with van der Waals surface area (Å²) < 4.78 is 10.8. The minimum atomic E-state index is -0.0572. The topological polar surface area (TPSA) is 47.6 Å². The van der Waals surface area contributed by atoms with Crippen molar-refractivity contribution in [3.63, 3.8) is 0 Å². The quantitative estimate of drug-likeness (QED) is 0.742. The fraction of sp³-hybridized carbons (Fsp3) is 0.316. The number of carbonyl (C=O) groups excluding carboxylic acids is 1. The molecule has 0 fully saturated rings. The van der Waals surface area contributed by atoms with Crippen LogP contribution in [0.1, 0.15) is 12.5 Å². The maximum Gasteiger partial charge on any atom is 0.230 e. The average Bonchev–Trinajstić information content (AvgIpc) is 2.60. The van der Waals surface area contributed by atoms with Crippen molar-refractivity contribution >= 4 is 17.7 Å². The first-order valence-corrected chi connectivity index (χ1v) is 8.81. The van der Waals surface area contributed by atoms with E-state index in [1.54, 1.807) is 7.11 Å². The molecular weight excluding hydrogens is 322 g/mol. The first-order chi connectivity index (χ1) is 11.6. The Morgan fingerprint density at radius 2 is 1.71 bits per heavy atom. The van der Waals surface area contributed by atoms with E-state index in [1.807, 2.05) is 62.4 Å². The number of nitrogens with one attached hydrogen (secondary N) is 1. The van der Waals surface area contributed by atoms with E-state index >= 15 is 0 Å². The van der Waals surface area contributed by atoms with Crippen LogP contribution in [0.15, 0.2) is 53.4 Å². The molecule has 0 saturated heterocycles. The zero-order valence-electron chi connectivity index (χ0n) is 14.2. The number of hydrogen-bond acceptors (Lipinski definition) is 4. The molecule has 0 bridgehead atoms. The summed E-state index contributed by atoms with van der Waals surface area (Å²) >= 11 is 1.53. The first-order valence-electron chi connectivity index (χ1n) is 7.82. The van der Waals surface area contributed by atoms with Crippen molar-refractivity contribution in [2.75, 3.05) is 19.5 Å². The Hall–Kier alpha value is -2.14. The summed E-state index contributed by atoms with van der Waals surface area (Å²) in [5.41, 5.74) is 1.22. The molecule has 1 N–H and O–H groups in total. The second-order valence-electron chi connectivity index (χ2n) is 5.56. The average molecular weight is 345 g/mol. The van der Waals surface area contributed by atoms with Gasteiger partial charge >= 0.3 is 0 Å². The third kappa shape index (κ3) is 6.16. The number of aryl methyl sites for hydroxylation is 1. The van der Waals surface area contributed by atoms with Crippen molar-refractivity contribution in [1.29, 1.82) is 0 Å². The highest BCUT2D eigenvalue weighted by atomic mass is 32.2. The number of thioether (sulfide) groups is 1. The van der Waals surface area contributed by atoms with Gasteiger partial charge in [-0.1, -0.05) is 17.7 Å². The summed E-state index contributed by atoms with van der Waals surface area (Å²) in [6.07, 6.45) is 0. The Bertz CT molecular complexity index is 641. The molecule has 0 aliphatic carbocycles. The highest BCUT2D eigenvalue weighted by Crippen LogP contribution is 2.18.